The fraction of sp³-hybridized carbons (Fsp3) is 0.538. The zero-order valence-corrected chi connectivity index (χ0v) is 12.1. The van der Waals surface area contributed by atoms with E-state index in [9.17, 15) is 10.1 Å². The van der Waals surface area contributed by atoms with Gasteiger partial charge < -0.3 is 15.8 Å². The lowest BCUT2D eigenvalue weighted by Crippen LogP contribution is -2.41. The van der Waals surface area contributed by atoms with E-state index in [1.165, 1.54) is 6.07 Å². The summed E-state index contributed by atoms with van der Waals surface area (Å²) in [6.07, 6.45) is 2.19. The van der Waals surface area contributed by atoms with Crippen molar-refractivity contribution < 1.29 is 10.1 Å². The van der Waals surface area contributed by atoms with Crippen LogP contribution in [0.4, 0.5) is 11.5 Å². The number of nitrogens with zero attached hydrogens (tertiary/aromatic N) is 4. The quantitative estimate of drug-likeness (QED) is 0.288. The van der Waals surface area contributed by atoms with Gasteiger partial charge in [-0.1, -0.05) is 12.1 Å². The van der Waals surface area contributed by atoms with Gasteiger partial charge in [-0.15, -0.1) is 0 Å². The van der Waals surface area contributed by atoms with Crippen molar-refractivity contribution in [1.29, 1.82) is 0 Å². The summed E-state index contributed by atoms with van der Waals surface area (Å²) in [6.45, 7) is 5.09. The summed E-state index contributed by atoms with van der Waals surface area (Å²) in [5, 5.41) is 22.6. The summed E-state index contributed by atoms with van der Waals surface area (Å²) >= 11 is 0. The van der Waals surface area contributed by atoms with Crippen molar-refractivity contribution in [1.82, 2.24) is 4.98 Å². The summed E-state index contributed by atoms with van der Waals surface area (Å²) in [7, 11) is 0. The second-order valence-corrected chi connectivity index (χ2v) is 5.46. The molecule has 0 aliphatic carbocycles. The first-order valence-corrected chi connectivity index (χ1v) is 6.84. The van der Waals surface area contributed by atoms with Crippen LogP contribution >= 0.6 is 0 Å². The fourth-order valence-electron chi connectivity index (χ4n) is 2.59. The zero-order valence-electron chi connectivity index (χ0n) is 12.1. The van der Waals surface area contributed by atoms with Crippen LogP contribution in [0.25, 0.3) is 0 Å². The molecule has 0 radical (unpaired) electrons. The summed E-state index contributed by atoms with van der Waals surface area (Å²) in [5.41, 5.74) is 5.13. The third-order valence-electron chi connectivity index (χ3n) is 3.82. The van der Waals surface area contributed by atoms with Crippen molar-refractivity contribution >= 4 is 17.3 Å². The molecule has 3 N–H and O–H groups in total. The minimum absolute atomic E-state index is 0.106. The van der Waals surface area contributed by atoms with Gasteiger partial charge in [-0.3, -0.25) is 10.1 Å². The second-order valence-electron chi connectivity index (χ2n) is 5.46. The number of nitro groups is 1. The van der Waals surface area contributed by atoms with E-state index in [1.807, 2.05) is 0 Å². The molecule has 2 heterocycles. The highest BCUT2D eigenvalue weighted by molar-refractivity contribution is 5.99. The lowest BCUT2D eigenvalue weighted by Gasteiger charge is -2.37. The first-order chi connectivity index (χ1) is 9.93. The molecule has 1 saturated heterocycles. The molecule has 0 bridgehead atoms. The predicted octanol–water partition coefficient (Wildman–Crippen LogP) is 1.71. The molecule has 2 rings (SSSR count). The Kier molecular flexibility index (Phi) is 4.25. The Morgan fingerprint density at radius 2 is 2.24 bits per heavy atom. The number of pyridine rings is 1. The van der Waals surface area contributed by atoms with E-state index in [1.54, 1.807) is 6.07 Å². The van der Waals surface area contributed by atoms with Crippen LogP contribution in [-0.2, 0) is 0 Å². The largest absolute Gasteiger partial charge is 0.409 e. The molecule has 1 fully saturated rings. The van der Waals surface area contributed by atoms with Gasteiger partial charge in [-0.05, 0) is 31.7 Å². The maximum Gasteiger partial charge on any atom is 0.298 e. The SMILES string of the molecule is CC1CCC(C)N(c2ccc([N+](=O)[O-])c(/C(N)=N/O)n2)C1. The molecule has 2 atom stereocenters. The number of hydrogen-bond acceptors (Lipinski definition) is 6. The molecule has 0 amide bonds. The average molecular weight is 293 g/mol. The number of hydrogen-bond donors (Lipinski definition) is 2. The molecule has 1 aromatic rings. The van der Waals surface area contributed by atoms with Crippen LogP contribution < -0.4 is 10.6 Å². The lowest BCUT2D eigenvalue weighted by molar-refractivity contribution is -0.385. The van der Waals surface area contributed by atoms with E-state index in [0.717, 1.165) is 19.4 Å². The molecule has 8 heteroatoms. The molecule has 2 unspecified atom stereocenters. The highest BCUT2D eigenvalue weighted by Crippen LogP contribution is 2.28. The number of anilines is 1. The molecular formula is C13H19N5O3. The van der Waals surface area contributed by atoms with Gasteiger partial charge in [0.05, 0.1) is 4.92 Å². The molecular weight excluding hydrogens is 274 g/mol. The van der Waals surface area contributed by atoms with E-state index in [-0.39, 0.29) is 17.2 Å². The molecule has 114 valence electrons. The van der Waals surface area contributed by atoms with Crippen LogP contribution in [0, 0.1) is 16.0 Å². The Morgan fingerprint density at radius 1 is 1.52 bits per heavy atom. The summed E-state index contributed by atoms with van der Waals surface area (Å²) in [4.78, 5) is 16.8. The highest BCUT2D eigenvalue weighted by Gasteiger charge is 2.27. The van der Waals surface area contributed by atoms with Crippen LogP contribution in [0.3, 0.4) is 0 Å². The van der Waals surface area contributed by atoms with Gasteiger partial charge in [-0.2, -0.15) is 0 Å². The van der Waals surface area contributed by atoms with Crippen LogP contribution in [0.2, 0.25) is 0 Å². The summed E-state index contributed by atoms with van der Waals surface area (Å²) < 4.78 is 0. The van der Waals surface area contributed by atoms with E-state index in [0.29, 0.717) is 17.8 Å². The number of amidine groups is 1. The summed E-state index contributed by atoms with van der Waals surface area (Å²) in [6, 6.07) is 3.26. The smallest absolute Gasteiger partial charge is 0.298 e. The van der Waals surface area contributed by atoms with Crippen LogP contribution in [0.1, 0.15) is 32.4 Å². The lowest BCUT2D eigenvalue weighted by atomic mass is 9.95. The van der Waals surface area contributed by atoms with Gasteiger partial charge in [0.1, 0.15) is 5.82 Å². The van der Waals surface area contributed by atoms with Crippen LogP contribution in [0.15, 0.2) is 17.3 Å². The second kappa shape index (κ2) is 5.94. The number of rotatable bonds is 3. The Labute approximate surface area is 122 Å². The number of piperidine rings is 1. The molecule has 1 aliphatic heterocycles. The minimum atomic E-state index is -0.591. The molecule has 1 aliphatic rings. The molecule has 0 spiro atoms. The van der Waals surface area contributed by atoms with Gasteiger partial charge >= 0.3 is 0 Å². The van der Waals surface area contributed by atoms with Gasteiger partial charge in [0.15, 0.2) is 11.5 Å². The zero-order chi connectivity index (χ0) is 15.6. The van der Waals surface area contributed by atoms with Crippen molar-refractivity contribution in [3.63, 3.8) is 0 Å². The van der Waals surface area contributed by atoms with Crippen LogP contribution in [0.5, 0.6) is 0 Å². The topological polar surface area (TPSA) is 118 Å². The van der Waals surface area contributed by atoms with Crippen LogP contribution in [-0.4, -0.2) is 33.5 Å². The van der Waals surface area contributed by atoms with Gasteiger partial charge in [0.2, 0.25) is 0 Å². The number of oxime groups is 1. The van der Waals surface area contributed by atoms with Gasteiger partial charge in [0.25, 0.3) is 5.69 Å². The Bertz CT molecular complexity index is 575. The van der Waals surface area contributed by atoms with Crippen molar-refractivity contribution in [3.05, 3.63) is 27.9 Å². The monoisotopic (exact) mass is 293 g/mol. The van der Waals surface area contributed by atoms with E-state index >= 15 is 0 Å². The minimum Gasteiger partial charge on any atom is -0.409 e. The Balaban J connectivity index is 2.44. The summed E-state index contributed by atoms with van der Waals surface area (Å²) in [5.74, 6) is 0.785. The fourth-order valence-corrected chi connectivity index (χ4v) is 2.59. The molecule has 21 heavy (non-hydrogen) atoms. The maximum atomic E-state index is 11.0. The van der Waals surface area contributed by atoms with Gasteiger partial charge in [-0.25, -0.2) is 4.98 Å². The molecule has 0 aromatic carbocycles. The molecule has 0 saturated carbocycles. The first kappa shape index (κ1) is 15.0. The van der Waals surface area contributed by atoms with Crippen molar-refractivity contribution in [2.75, 3.05) is 11.4 Å². The van der Waals surface area contributed by atoms with E-state index < -0.39 is 4.92 Å². The Morgan fingerprint density at radius 3 is 2.86 bits per heavy atom. The predicted molar refractivity (Wildman–Crippen MR) is 78.6 cm³/mol. The van der Waals surface area contributed by atoms with Crippen molar-refractivity contribution in [3.8, 4) is 0 Å². The standard InChI is InChI=1S/C13H19N5O3/c1-8-3-4-9(2)17(7-8)11-6-5-10(18(20)21)12(15-11)13(14)16-19/h5-6,8-9,19H,3-4,7H2,1-2H3,(H2,14,16). The molecule has 8 nitrogen and oxygen atoms in total. The first-order valence-electron chi connectivity index (χ1n) is 6.84. The van der Waals surface area contributed by atoms with Gasteiger partial charge in [0, 0.05) is 18.7 Å². The number of aromatic nitrogens is 1. The van der Waals surface area contributed by atoms with Crippen molar-refractivity contribution in [2.24, 2.45) is 16.8 Å². The van der Waals surface area contributed by atoms with E-state index in [4.69, 9.17) is 10.9 Å². The van der Waals surface area contributed by atoms with E-state index in [2.05, 4.69) is 28.9 Å². The molecule has 1 aromatic heterocycles. The number of nitrogens with two attached hydrogens (primary N) is 1. The third kappa shape index (κ3) is 3.04. The van der Waals surface area contributed by atoms with Crippen molar-refractivity contribution in [2.45, 2.75) is 32.7 Å². The average Bonchev–Trinajstić information content (AvgIpc) is 2.48. The normalized spacial score (nSPS) is 23.1. The maximum absolute atomic E-state index is 11.0. The Hall–Kier alpha value is -2.38. The highest BCUT2D eigenvalue weighted by atomic mass is 16.6. The third-order valence-corrected chi connectivity index (χ3v) is 3.82.